The van der Waals surface area contributed by atoms with Gasteiger partial charge < -0.3 is 15.3 Å². The second kappa shape index (κ2) is 6.80. The standard InChI is InChI=1S/C18H18O4/c1-2-6-14-16(19)10-13(11-17(14)20)15(18(21)22)9-12-7-4-3-5-8-12/h3-5,7-11,19-20H,2,6H2,1H3,(H,21,22)/b15-9-. The summed E-state index contributed by atoms with van der Waals surface area (Å²) in [6.07, 6.45) is 2.81. The van der Waals surface area contributed by atoms with E-state index in [0.717, 1.165) is 12.0 Å². The van der Waals surface area contributed by atoms with Gasteiger partial charge in [0.25, 0.3) is 0 Å². The van der Waals surface area contributed by atoms with Crippen molar-refractivity contribution in [2.24, 2.45) is 0 Å². The highest BCUT2D eigenvalue weighted by Gasteiger charge is 2.16. The number of rotatable bonds is 5. The minimum Gasteiger partial charge on any atom is -0.508 e. The van der Waals surface area contributed by atoms with Gasteiger partial charge in [0.15, 0.2) is 0 Å². The van der Waals surface area contributed by atoms with Gasteiger partial charge >= 0.3 is 5.97 Å². The summed E-state index contributed by atoms with van der Waals surface area (Å²) in [6.45, 7) is 1.94. The molecule has 0 bridgehead atoms. The van der Waals surface area contributed by atoms with Crippen molar-refractivity contribution in [3.8, 4) is 11.5 Å². The van der Waals surface area contributed by atoms with Crippen molar-refractivity contribution < 1.29 is 20.1 Å². The van der Waals surface area contributed by atoms with E-state index in [4.69, 9.17) is 0 Å². The third-order valence-electron chi connectivity index (χ3n) is 3.35. The molecule has 0 spiro atoms. The van der Waals surface area contributed by atoms with Gasteiger partial charge in [-0.25, -0.2) is 4.79 Å². The molecule has 114 valence electrons. The molecule has 4 nitrogen and oxygen atoms in total. The van der Waals surface area contributed by atoms with Crippen LogP contribution in [0.1, 0.15) is 30.0 Å². The van der Waals surface area contributed by atoms with Crippen LogP contribution in [0.4, 0.5) is 0 Å². The third-order valence-corrected chi connectivity index (χ3v) is 3.35. The zero-order valence-corrected chi connectivity index (χ0v) is 12.3. The number of hydrogen-bond donors (Lipinski definition) is 3. The molecule has 0 fully saturated rings. The van der Waals surface area contributed by atoms with E-state index in [9.17, 15) is 20.1 Å². The normalized spacial score (nSPS) is 11.4. The molecule has 2 aromatic carbocycles. The molecule has 4 heteroatoms. The fourth-order valence-corrected chi connectivity index (χ4v) is 2.29. The molecule has 0 unspecified atom stereocenters. The predicted molar refractivity (Wildman–Crippen MR) is 85.7 cm³/mol. The van der Waals surface area contributed by atoms with E-state index >= 15 is 0 Å². The molecular formula is C18H18O4. The zero-order chi connectivity index (χ0) is 16.1. The second-order valence-electron chi connectivity index (χ2n) is 5.02. The Morgan fingerprint density at radius 2 is 1.68 bits per heavy atom. The lowest BCUT2D eigenvalue weighted by Gasteiger charge is -2.10. The van der Waals surface area contributed by atoms with Gasteiger partial charge in [0.05, 0.1) is 5.57 Å². The number of carboxylic acids is 1. The number of aliphatic carboxylic acids is 1. The lowest BCUT2D eigenvalue weighted by Crippen LogP contribution is -2.00. The summed E-state index contributed by atoms with van der Waals surface area (Å²) in [5.74, 6) is -1.29. The fraction of sp³-hybridized carbons (Fsp3) is 0.167. The van der Waals surface area contributed by atoms with Crippen LogP contribution >= 0.6 is 0 Å². The molecule has 0 aliphatic heterocycles. The number of aromatic hydroxyl groups is 2. The van der Waals surface area contributed by atoms with Crippen molar-refractivity contribution >= 4 is 17.6 Å². The molecule has 0 radical (unpaired) electrons. The van der Waals surface area contributed by atoms with Gasteiger partial charge in [0.1, 0.15) is 11.5 Å². The van der Waals surface area contributed by atoms with Crippen LogP contribution in [0.25, 0.3) is 11.6 Å². The van der Waals surface area contributed by atoms with Crippen molar-refractivity contribution in [2.45, 2.75) is 19.8 Å². The summed E-state index contributed by atoms with van der Waals surface area (Å²) < 4.78 is 0. The predicted octanol–water partition coefficient (Wildman–Crippen LogP) is 3.68. The minimum absolute atomic E-state index is 0.0137. The Bertz CT molecular complexity index is 679. The van der Waals surface area contributed by atoms with Gasteiger partial charge in [-0.05, 0) is 35.8 Å². The highest BCUT2D eigenvalue weighted by molar-refractivity contribution is 6.20. The van der Waals surface area contributed by atoms with Crippen molar-refractivity contribution in [1.82, 2.24) is 0 Å². The first-order valence-corrected chi connectivity index (χ1v) is 7.08. The molecule has 0 saturated carbocycles. The van der Waals surface area contributed by atoms with E-state index in [1.54, 1.807) is 12.1 Å². The second-order valence-corrected chi connectivity index (χ2v) is 5.02. The molecule has 0 aromatic heterocycles. The molecule has 22 heavy (non-hydrogen) atoms. The maximum absolute atomic E-state index is 11.5. The van der Waals surface area contributed by atoms with Gasteiger partial charge in [0, 0.05) is 5.56 Å². The van der Waals surface area contributed by atoms with Crippen molar-refractivity contribution in [3.05, 3.63) is 59.2 Å². The Hall–Kier alpha value is -2.75. The van der Waals surface area contributed by atoms with Crippen molar-refractivity contribution in [3.63, 3.8) is 0 Å². The summed E-state index contributed by atoms with van der Waals surface area (Å²) in [4.78, 5) is 11.5. The molecule has 0 aliphatic carbocycles. The molecule has 0 amide bonds. The number of phenols is 2. The summed E-state index contributed by atoms with van der Waals surface area (Å²) in [6, 6.07) is 11.8. The summed E-state index contributed by atoms with van der Waals surface area (Å²) in [5.41, 5.74) is 1.46. The van der Waals surface area contributed by atoms with Crippen LogP contribution < -0.4 is 0 Å². The summed E-state index contributed by atoms with van der Waals surface area (Å²) >= 11 is 0. The quantitative estimate of drug-likeness (QED) is 0.581. The number of phenolic OH excluding ortho intramolecular Hbond substituents is 2. The van der Waals surface area contributed by atoms with Crippen LogP contribution in [0.5, 0.6) is 11.5 Å². The van der Waals surface area contributed by atoms with Gasteiger partial charge in [-0.3, -0.25) is 0 Å². The van der Waals surface area contributed by atoms with Crippen LogP contribution in [0.15, 0.2) is 42.5 Å². The first-order chi connectivity index (χ1) is 10.5. The monoisotopic (exact) mass is 298 g/mol. The molecule has 3 N–H and O–H groups in total. The minimum atomic E-state index is -1.12. The third kappa shape index (κ3) is 3.47. The summed E-state index contributed by atoms with van der Waals surface area (Å²) in [7, 11) is 0. The topological polar surface area (TPSA) is 77.8 Å². The molecule has 0 heterocycles. The lowest BCUT2D eigenvalue weighted by molar-refractivity contribution is -0.130. The number of carbonyl (C=O) groups is 1. The maximum Gasteiger partial charge on any atom is 0.336 e. The zero-order valence-electron chi connectivity index (χ0n) is 12.3. The van der Waals surface area contributed by atoms with E-state index in [0.29, 0.717) is 12.0 Å². The van der Waals surface area contributed by atoms with Gasteiger partial charge in [-0.2, -0.15) is 0 Å². The van der Waals surface area contributed by atoms with Gasteiger partial charge in [-0.1, -0.05) is 43.7 Å². The highest BCUT2D eigenvalue weighted by atomic mass is 16.4. The number of benzene rings is 2. The van der Waals surface area contributed by atoms with Crippen LogP contribution in [0.2, 0.25) is 0 Å². The first-order valence-electron chi connectivity index (χ1n) is 7.08. The fourth-order valence-electron chi connectivity index (χ4n) is 2.29. The number of hydrogen-bond acceptors (Lipinski definition) is 3. The Morgan fingerprint density at radius 3 is 2.18 bits per heavy atom. The Balaban J connectivity index is 2.51. The highest BCUT2D eigenvalue weighted by Crippen LogP contribution is 2.33. The molecular weight excluding hydrogens is 280 g/mol. The van der Waals surface area contributed by atoms with Crippen LogP contribution in [0, 0.1) is 0 Å². The van der Waals surface area contributed by atoms with E-state index < -0.39 is 5.97 Å². The molecule has 2 rings (SSSR count). The van der Waals surface area contributed by atoms with Crippen molar-refractivity contribution in [2.75, 3.05) is 0 Å². The average molecular weight is 298 g/mol. The lowest BCUT2D eigenvalue weighted by atomic mass is 9.98. The molecule has 0 saturated heterocycles. The van der Waals surface area contributed by atoms with E-state index in [-0.39, 0.29) is 22.6 Å². The van der Waals surface area contributed by atoms with Gasteiger partial charge in [0.2, 0.25) is 0 Å². The average Bonchev–Trinajstić information content (AvgIpc) is 2.49. The van der Waals surface area contributed by atoms with Gasteiger partial charge in [-0.15, -0.1) is 0 Å². The molecule has 0 atom stereocenters. The Labute approximate surface area is 129 Å². The SMILES string of the molecule is CCCc1c(O)cc(/C(=C/c2ccccc2)C(=O)O)cc1O. The van der Waals surface area contributed by atoms with E-state index in [1.807, 2.05) is 25.1 Å². The summed E-state index contributed by atoms with van der Waals surface area (Å²) in [5, 5.41) is 29.5. The number of carboxylic acid groups (broad SMARTS) is 1. The molecule has 2 aromatic rings. The van der Waals surface area contributed by atoms with Crippen molar-refractivity contribution in [1.29, 1.82) is 0 Å². The van der Waals surface area contributed by atoms with E-state index in [2.05, 4.69) is 0 Å². The Morgan fingerprint density at radius 1 is 1.09 bits per heavy atom. The first kappa shape index (κ1) is 15.6. The van der Waals surface area contributed by atoms with Crippen LogP contribution in [-0.4, -0.2) is 21.3 Å². The largest absolute Gasteiger partial charge is 0.508 e. The van der Waals surface area contributed by atoms with Crippen LogP contribution in [-0.2, 0) is 11.2 Å². The van der Waals surface area contributed by atoms with E-state index in [1.165, 1.54) is 18.2 Å². The molecule has 0 aliphatic rings. The van der Waals surface area contributed by atoms with Crippen LogP contribution in [0.3, 0.4) is 0 Å². The maximum atomic E-state index is 11.5. The smallest absolute Gasteiger partial charge is 0.336 e. The Kier molecular flexibility index (Phi) is 4.84.